The second-order valence-corrected chi connectivity index (χ2v) is 53.7. The third kappa shape index (κ3) is 26.3. The van der Waals surface area contributed by atoms with E-state index in [1.807, 2.05) is 0 Å². The third-order valence-electron chi connectivity index (χ3n) is 24.0. The number of aromatic nitrogens is 18. The van der Waals surface area contributed by atoms with Crippen molar-refractivity contribution >= 4 is 176 Å². The standard InChI is InChI=1S/C72H97N22O37P7S7/c1-8-35-36(9-55(118-35)94-29-80-57-62(94)83-67(76)84-66(57)98)126-133(105,140)112-22-45-39(12-51(121-45)90-18-32(4)63(95)85-70(90)101)128-135(107,142)114-24-46-40(13-52(122-46)91-19-33(5)64(96)86-71(91)102)129-136(108,143)115-25-47-41(14-53(123-47)92-20-34(6)65(97)87-72(92)103)130-137(109,144)117-26-48-42(15-54(124-48)93-28-79-56-60(75)77-27-78-61(56)93)131-138(110,145)116-23-44-38(11-50(120-44)89-17-31(3)59(74)82-69(89)100)127-134(106,141)113-21-43-37(125-132(104,139)111-7)10-49(119-43)88-16-30(2)58(73)81-68(88)99/h16-20,27-29,35-55H,8-15,21-26H2,1-7H3,(H,104,139)(H,105,140)(H,106,141)(H,107,142)(H,108,143)(H,109,144)(H,110,145)(H2,73,81,99)(H2,74,82,100)(H2,75,77,78)(H,85,95,101)(H,86,96,102)(H,87,97,103)(H3,76,83,84,98)/t35-,36-,37-,38-,39-,40-,41-,42-,43-,44-,45-,46-,47-,48-,49-,50-,51-,52-,53-,54-,55-,132?,133?,134?,135?,136?,137?,138?/m1/s1. The van der Waals surface area contributed by atoms with Crippen LogP contribution in [0.25, 0.3) is 22.3 Å². The topological polar surface area (TPSA) is 778 Å². The molecule has 0 aromatic carbocycles. The Balaban J connectivity index is 0.605. The Morgan fingerprint density at radius 3 is 1.00 bits per heavy atom. The molecule has 9 aromatic rings. The SMILES string of the molecule is CC[C@H]1O[C@@H](n2cnc3c(=O)[nH]c(N)nc32)C[C@H]1OP(O)(=S)OC[C@H]1O[C@@H](n2cc(C)c(=O)[nH]c2=O)C[C@H]1OP(=O)(S)OC[C@H]1O[C@@H](n2cc(C)c(=O)[nH]c2=O)C[C@H]1OP(O)(=S)OC[C@H]1O[C@@H](n2cc(C)c(=O)[nH]c2=O)C[C@H]1OP(O)(=S)OC[C@H]1O[C@@H](n2cnc3c(N)ncnc32)C[C@H]1OP(O)(=S)OC[C@H]1O[C@@H](n2cc(C)c(N)nc2=O)C[C@H]1OP(O)(=S)OC[C@H]1O[C@@H](n2cc(C)c(N)nc2=O)C[C@H]1OP(O)(=S)OC. The van der Waals surface area contributed by atoms with Gasteiger partial charge in [0.05, 0.1) is 95.0 Å². The molecule has 73 heteroatoms. The third-order valence-corrected chi connectivity index (χ3v) is 35.3. The quantitative estimate of drug-likeness (QED) is 0.0189. The lowest BCUT2D eigenvalue weighted by atomic mass is 10.1. The molecule has 7 aliphatic heterocycles. The van der Waals surface area contributed by atoms with Crippen LogP contribution in [0.3, 0.4) is 0 Å². The Bertz CT molecular complexity index is 7390. The van der Waals surface area contributed by atoms with Crippen molar-refractivity contribution in [2.75, 3.05) is 69.7 Å². The van der Waals surface area contributed by atoms with Gasteiger partial charge in [-0.15, -0.1) is 0 Å². The number of hydrogen-bond acceptors (Lipinski definition) is 48. The number of aryl methyl sites for hydroxylation is 5. The number of rotatable bonds is 41. The Morgan fingerprint density at radius 1 is 0.366 bits per heavy atom. The largest absolute Gasteiger partial charge is 0.386 e. The van der Waals surface area contributed by atoms with Gasteiger partial charge in [0, 0.05) is 111 Å². The molecule has 145 heavy (non-hydrogen) atoms. The highest BCUT2D eigenvalue weighted by Crippen LogP contribution is 2.60. The summed E-state index contributed by atoms with van der Waals surface area (Å²) in [6.07, 6.45) is -18.9. The number of nitrogens with zero attached hydrogens (tertiary/aromatic N) is 14. The Morgan fingerprint density at radius 2 is 0.655 bits per heavy atom. The van der Waals surface area contributed by atoms with Crippen LogP contribution in [0, 0.1) is 34.6 Å². The molecule has 0 radical (unpaired) electrons. The zero-order valence-electron chi connectivity index (χ0n) is 76.6. The lowest BCUT2D eigenvalue weighted by Gasteiger charge is -2.28. The number of anilines is 4. The van der Waals surface area contributed by atoms with Gasteiger partial charge in [-0.2, -0.15) is 15.0 Å². The molecule has 7 fully saturated rings. The van der Waals surface area contributed by atoms with Gasteiger partial charge < -0.3 is 140 Å². The van der Waals surface area contributed by atoms with Crippen molar-refractivity contribution in [1.82, 2.24) is 86.8 Å². The summed E-state index contributed by atoms with van der Waals surface area (Å²) in [4.78, 5) is 227. The normalized spacial score (nSPS) is 29.5. The molecular formula is C72H97N22O37P7S7. The first-order valence-corrected chi connectivity index (χ1v) is 61.8. The number of ether oxygens (including phenoxy) is 7. The number of nitrogen functional groups attached to an aromatic ring is 4. The molecule has 794 valence electrons. The first kappa shape index (κ1) is 111. The first-order valence-electron chi connectivity index (χ1n) is 43.6. The summed E-state index contributed by atoms with van der Waals surface area (Å²) in [6, 6.07) is 0. The van der Waals surface area contributed by atoms with Gasteiger partial charge in [0.15, 0.2) is 22.6 Å². The predicted octanol–water partition coefficient (Wildman–Crippen LogP) is 1.20. The molecule has 28 atom stereocenters. The maximum atomic E-state index is 14.8. The summed E-state index contributed by atoms with van der Waals surface area (Å²) in [5.41, 5.74) is 17.8. The minimum atomic E-state index is -4.83. The highest BCUT2D eigenvalue weighted by Gasteiger charge is 2.52. The Kier molecular flexibility index (Phi) is 34.1. The molecular weight excluding hydrogens is 2210 g/mol. The molecule has 0 amide bonds. The van der Waals surface area contributed by atoms with E-state index in [1.165, 1.54) is 61.2 Å². The van der Waals surface area contributed by atoms with Gasteiger partial charge in [0.2, 0.25) is 5.95 Å². The number of nitrogens with one attached hydrogen (secondary N) is 4. The Hall–Kier alpha value is -6.70. The van der Waals surface area contributed by atoms with Crippen LogP contribution in [0.5, 0.6) is 0 Å². The van der Waals surface area contributed by atoms with Crippen LogP contribution in [-0.4, -0.2) is 248 Å². The fourth-order valence-electron chi connectivity index (χ4n) is 16.8. The van der Waals surface area contributed by atoms with Crippen LogP contribution in [0.2, 0.25) is 0 Å². The van der Waals surface area contributed by atoms with Gasteiger partial charge >= 0.3 is 75.6 Å². The Labute approximate surface area is 850 Å². The van der Waals surface area contributed by atoms with Crippen molar-refractivity contribution in [3.05, 3.63) is 172 Å². The number of nitrogens with two attached hydrogens (primary N) is 4. The molecule has 0 saturated carbocycles. The molecule has 7 unspecified atom stereocenters. The zero-order chi connectivity index (χ0) is 105. The van der Waals surface area contributed by atoms with E-state index in [0.717, 1.165) is 48.7 Å². The molecule has 16 heterocycles. The minimum absolute atomic E-state index is 0.0234. The maximum absolute atomic E-state index is 14.8. The molecule has 7 aliphatic rings. The van der Waals surface area contributed by atoms with Crippen LogP contribution < -0.4 is 73.6 Å². The van der Waals surface area contributed by atoms with Gasteiger partial charge in [-0.25, -0.2) is 48.5 Å². The summed E-state index contributed by atoms with van der Waals surface area (Å²) in [7, 11) is 1.11. The van der Waals surface area contributed by atoms with Crippen molar-refractivity contribution in [2.24, 2.45) is 0 Å². The number of fused-ring (bicyclic) bond motifs is 2. The number of hydrogen-bond donors (Lipinski definition) is 15. The van der Waals surface area contributed by atoms with E-state index >= 15 is 0 Å². The minimum Gasteiger partial charge on any atom is -0.383 e. The van der Waals surface area contributed by atoms with Gasteiger partial charge in [-0.1, -0.05) is 19.2 Å². The van der Waals surface area contributed by atoms with Crippen molar-refractivity contribution in [2.45, 2.75) is 222 Å². The number of thiol groups is 1. The molecule has 0 bridgehead atoms. The number of imidazole rings is 2. The summed E-state index contributed by atoms with van der Waals surface area (Å²) in [5.74, 6) is -0.353. The van der Waals surface area contributed by atoms with Gasteiger partial charge in [0.1, 0.15) is 110 Å². The lowest BCUT2D eigenvalue weighted by Crippen LogP contribution is -2.33. The lowest BCUT2D eigenvalue weighted by molar-refractivity contribution is -0.0572. The van der Waals surface area contributed by atoms with Crippen LogP contribution in [0.1, 0.15) is 130 Å². The molecule has 7 saturated heterocycles. The summed E-state index contributed by atoms with van der Waals surface area (Å²) < 4.78 is 150. The zero-order valence-corrected chi connectivity index (χ0v) is 88.6. The van der Waals surface area contributed by atoms with Gasteiger partial charge in [-0.3, -0.25) is 80.1 Å². The van der Waals surface area contributed by atoms with Crippen molar-refractivity contribution in [3.8, 4) is 0 Å². The summed E-state index contributed by atoms with van der Waals surface area (Å²) in [6.45, 7) is -27.4. The second-order valence-electron chi connectivity index (χ2n) is 34.0. The molecule has 16 rings (SSSR count). The van der Waals surface area contributed by atoms with Crippen molar-refractivity contribution < 1.29 is 130 Å². The summed E-state index contributed by atoms with van der Waals surface area (Å²) in [5, 5.41) is 0. The van der Waals surface area contributed by atoms with E-state index in [-0.39, 0.29) is 94.5 Å². The van der Waals surface area contributed by atoms with Crippen LogP contribution in [0.4, 0.5) is 23.4 Å². The van der Waals surface area contributed by atoms with Crippen molar-refractivity contribution in [3.63, 3.8) is 0 Å². The smallest absolute Gasteiger partial charge is 0.383 e. The van der Waals surface area contributed by atoms with Crippen LogP contribution >= 0.6 is 59.4 Å². The maximum Gasteiger partial charge on any atom is 0.386 e. The number of H-pyrrole nitrogens is 4. The fraction of sp³-hybridized carbons (Fsp3) is 0.583. The number of aromatic amines is 4. The van der Waals surface area contributed by atoms with E-state index in [2.05, 4.69) is 67.1 Å². The monoisotopic (exact) mass is 2300 g/mol. The highest BCUT2D eigenvalue weighted by molar-refractivity contribution is 8.44. The predicted molar refractivity (Wildman–Crippen MR) is 528 cm³/mol. The molecule has 18 N–H and O–H groups in total. The average Bonchev–Trinajstić information content (AvgIpc) is 1.63. The van der Waals surface area contributed by atoms with Crippen molar-refractivity contribution in [1.29, 1.82) is 0 Å². The van der Waals surface area contributed by atoms with E-state index in [4.69, 9.17) is 190 Å². The van der Waals surface area contributed by atoms with Gasteiger partial charge in [0.25, 0.3) is 22.2 Å². The average molecular weight is 2300 g/mol. The van der Waals surface area contributed by atoms with E-state index in [9.17, 15) is 77.1 Å². The molecule has 0 spiro atoms. The molecule has 0 aliphatic carbocycles. The highest BCUT2D eigenvalue weighted by atomic mass is 32.7. The van der Waals surface area contributed by atoms with E-state index < -0.39 is 279 Å². The molecule has 59 nitrogen and oxygen atoms in total. The fourth-order valence-corrected chi connectivity index (χ4v) is 26.6. The summed E-state index contributed by atoms with van der Waals surface area (Å²) >= 11 is 37.6. The first-order chi connectivity index (χ1) is 68.2. The van der Waals surface area contributed by atoms with Crippen LogP contribution in [-0.2, 0) is 172 Å². The second kappa shape index (κ2) is 44.5. The van der Waals surface area contributed by atoms with E-state index in [1.54, 1.807) is 20.8 Å². The molecule has 9 aromatic heterocycles. The van der Waals surface area contributed by atoms with Gasteiger partial charge in [-0.05, 0) is 112 Å². The van der Waals surface area contributed by atoms with E-state index in [0.29, 0.717) is 17.5 Å². The van der Waals surface area contributed by atoms with Crippen LogP contribution in [0.15, 0.2) is 93.1 Å².